The molecule has 2 amide bonds. The molecule has 1 fully saturated rings. The topological polar surface area (TPSA) is 70.8 Å². The fourth-order valence-electron chi connectivity index (χ4n) is 2.66. The van der Waals surface area contributed by atoms with Crippen LogP contribution in [-0.4, -0.2) is 53.6 Å². The number of carbonyl (C=O) groups is 1. The third-order valence-corrected chi connectivity index (χ3v) is 3.91. The predicted molar refractivity (Wildman–Crippen MR) is 90.0 cm³/mol. The van der Waals surface area contributed by atoms with Gasteiger partial charge in [-0.1, -0.05) is 0 Å². The minimum atomic E-state index is -0.124. The molecule has 1 aliphatic heterocycles. The van der Waals surface area contributed by atoms with Crippen molar-refractivity contribution in [3.05, 3.63) is 42.5 Å². The Balaban J connectivity index is 1.52. The summed E-state index contributed by atoms with van der Waals surface area (Å²) in [6.07, 6.45) is 3.33. The fraction of sp³-hybridized carbons (Fsp3) is 0.412. The lowest BCUT2D eigenvalue weighted by atomic mass is 10.3. The number of ether oxygens (including phenoxy) is 1. The number of anilines is 1. The zero-order valence-electron chi connectivity index (χ0n) is 13.8. The van der Waals surface area contributed by atoms with Gasteiger partial charge in [0.15, 0.2) is 0 Å². The van der Waals surface area contributed by atoms with E-state index in [1.807, 2.05) is 19.1 Å². The Morgan fingerprint density at radius 3 is 2.83 bits per heavy atom. The van der Waals surface area contributed by atoms with Crippen LogP contribution in [0.2, 0.25) is 0 Å². The van der Waals surface area contributed by atoms with Crippen LogP contribution in [0.25, 0.3) is 0 Å². The Bertz CT molecular complexity index is 652. The van der Waals surface area contributed by atoms with Gasteiger partial charge in [-0.15, -0.1) is 0 Å². The molecule has 2 aromatic rings. The average molecular weight is 330 g/mol. The number of rotatable bonds is 5. The van der Waals surface area contributed by atoms with Crippen molar-refractivity contribution in [1.82, 2.24) is 14.8 Å². The van der Waals surface area contributed by atoms with E-state index in [1.165, 1.54) is 0 Å². The first-order valence-corrected chi connectivity index (χ1v) is 8.14. The summed E-state index contributed by atoms with van der Waals surface area (Å²) in [6.45, 7) is 6.16. The van der Waals surface area contributed by atoms with Gasteiger partial charge in [0.05, 0.1) is 19.4 Å². The van der Waals surface area contributed by atoms with E-state index in [0.717, 1.165) is 25.4 Å². The lowest BCUT2D eigenvalue weighted by Crippen LogP contribution is -2.49. The second kappa shape index (κ2) is 7.83. The first-order chi connectivity index (χ1) is 11.8. The Morgan fingerprint density at radius 1 is 1.29 bits per heavy atom. The van der Waals surface area contributed by atoms with Gasteiger partial charge in [0.1, 0.15) is 11.4 Å². The monoisotopic (exact) mass is 330 g/mol. The van der Waals surface area contributed by atoms with E-state index in [-0.39, 0.29) is 6.03 Å². The molecular weight excluding hydrogens is 308 g/mol. The molecule has 128 valence electrons. The van der Waals surface area contributed by atoms with E-state index in [1.54, 1.807) is 29.5 Å². The highest BCUT2D eigenvalue weighted by Gasteiger charge is 2.22. The van der Waals surface area contributed by atoms with Crippen molar-refractivity contribution in [2.24, 2.45) is 0 Å². The van der Waals surface area contributed by atoms with Gasteiger partial charge >= 0.3 is 6.03 Å². The molecule has 0 radical (unpaired) electrons. The number of aromatic nitrogens is 1. The predicted octanol–water partition coefficient (Wildman–Crippen LogP) is 2.42. The summed E-state index contributed by atoms with van der Waals surface area (Å²) in [5, 5.41) is 2.89. The molecule has 3 rings (SSSR count). The van der Waals surface area contributed by atoms with Gasteiger partial charge in [-0.3, -0.25) is 4.90 Å². The molecule has 1 N–H and O–H groups in total. The number of hydrogen-bond donors (Lipinski definition) is 1. The first-order valence-electron chi connectivity index (χ1n) is 8.14. The van der Waals surface area contributed by atoms with Crippen molar-refractivity contribution in [3.8, 4) is 5.88 Å². The maximum atomic E-state index is 12.4. The van der Waals surface area contributed by atoms with E-state index < -0.39 is 0 Å². The quantitative estimate of drug-likeness (QED) is 0.912. The number of piperazine rings is 1. The summed E-state index contributed by atoms with van der Waals surface area (Å²) in [6, 6.07) is 7.31. The van der Waals surface area contributed by atoms with Gasteiger partial charge in [0.25, 0.3) is 0 Å². The van der Waals surface area contributed by atoms with E-state index in [0.29, 0.717) is 31.3 Å². The van der Waals surface area contributed by atoms with Gasteiger partial charge in [0.2, 0.25) is 5.88 Å². The molecule has 1 saturated heterocycles. The van der Waals surface area contributed by atoms with Crippen molar-refractivity contribution >= 4 is 11.7 Å². The number of nitrogens with zero attached hydrogens (tertiary/aromatic N) is 3. The molecule has 0 saturated carbocycles. The summed E-state index contributed by atoms with van der Waals surface area (Å²) >= 11 is 0. The lowest BCUT2D eigenvalue weighted by molar-refractivity contribution is 0.137. The highest BCUT2D eigenvalue weighted by Crippen LogP contribution is 2.21. The molecule has 7 heteroatoms. The summed E-state index contributed by atoms with van der Waals surface area (Å²) in [4.78, 5) is 20.7. The Kier molecular flexibility index (Phi) is 5.32. The summed E-state index contributed by atoms with van der Waals surface area (Å²) in [5.74, 6) is 1.40. The molecule has 7 nitrogen and oxygen atoms in total. The summed E-state index contributed by atoms with van der Waals surface area (Å²) in [7, 11) is 0. The summed E-state index contributed by atoms with van der Waals surface area (Å²) in [5.41, 5.74) is 0.599. The van der Waals surface area contributed by atoms with E-state index >= 15 is 0 Å². The standard InChI is InChI=1S/C17H22N4O3/c1-2-23-16-15(6-3-7-18-16)19-17(22)21-10-8-20(9-11-21)13-14-5-4-12-24-14/h3-7,12H,2,8-11,13H2,1H3,(H,19,22). The third kappa shape index (κ3) is 4.05. The van der Waals surface area contributed by atoms with Crippen LogP contribution in [0.4, 0.5) is 10.5 Å². The molecular formula is C17H22N4O3. The SMILES string of the molecule is CCOc1ncccc1NC(=O)N1CCN(Cc2ccco2)CC1. The first kappa shape index (κ1) is 16.3. The van der Waals surface area contributed by atoms with Gasteiger partial charge in [0, 0.05) is 32.4 Å². The number of amides is 2. The number of carbonyl (C=O) groups excluding carboxylic acids is 1. The number of pyridine rings is 1. The molecule has 0 unspecified atom stereocenters. The molecule has 0 aliphatic carbocycles. The molecule has 3 heterocycles. The van der Waals surface area contributed by atoms with Crippen LogP contribution >= 0.6 is 0 Å². The fourth-order valence-corrected chi connectivity index (χ4v) is 2.66. The van der Waals surface area contributed by atoms with Crippen LogP contribution in [-0.2, 0) is 6.54 Å². The van der Waals surface area contributed by atoms with Gasteiger partial charge in [-0.25, -0.2) is 9.78 Å². The molecule has 0 bridgehead atoms. The van der Waals surface area contributed by atoms with Crippen LogP contribution in [0.3, 0.4) is 0 Å². The van der Waals surface area contributed by atoms with E-state index in [4.69, 9.17) is 9.15 Å². The zero-order valence-corrected chi connectivity index (χ0v) is 13.8. The summed E-state index contributed by atoms with van der Waals surface area (Å²) < 4.78 is 10.8. The molecule has 0 aromatic carbocycles. The number of nitrogens with one attached hydrogen (secondary N) is 1. The number of urea groups is 1. The molecule has 2 aromatic heterocycles. The van der Waals surface area contributed by atoms with E-state index in [2.05, 4.69) is 15.2 Å². The highest BCUT2D eigenvalue weighted by atomic mass is 16.5. The van der Waals surface area contributed by atoms with Crippen LogP contribution < -0.4 is 10.1 Å². The minimum Gasteiger partial charge on any atom is -0.476 e. The normalized spacial score (nSPS) is 15.3. The smallest absolute Gasteiger partial charge is 0.322 e. The Labute approximate surface area is 141 Å². The number of hydrogen-bond acceptors (Lipinski definition) is 5. The lowest BCUT2D eigenvalue weighted by Gasteiger charge is -2.34. The zero-order chi connectivity index (χ0) is 16.8. The maximum absolute atomic E-state index is 12.4. The second-order valence-electron chi connectivity index (χ2n) is 5.56. The van der Waals surface area contributed by atoms with Crippen LogP contribution in [0.5, 0.6) is 5.88 Å². The Hall–Kier alpha value is -2.54. The van der Waals surface area contributed by atoms with Crippen LogP contribution in [0, 0.1) is 0 Å². The highest BCUT2D eigenvalue weighted by molar-refractivity contribution is 5.90. The van der Waals surface area contributed by atoms with Gasteiger partial charge in [-0.05, 0) is 31.2 Å². The van der Waals surface area contributed by atoms with Crippen molar-refractivity contribution in [3.63, 3.8) is 0 Å². The molecule has 24 heavy (non-hydrogen) atoms. The van der Waals surface area contributed by atoms with Crippen molar-refractivity contribution in [1.29, 1.82) is 0 Å². The van der Waals surface area contributed by atoms with Gasteiger partial charge < -0.3 is 19.4 Å². The van der Waals surface area contributed by atoms with Crippen molar-refractivity contribution in [2.45, 2.75) is 13.5 Å². The largest absolute Gasteiger partial charge is 0.476 e. The van der Waals surface area contributed by atoms with E-state index in [9.17, 15) is 4.79 Å². The number of furan rings is 1. The van der Waals surface area contributed by atoms with Gasteiger partial charge in [-0.2, -0.15) is 0 Å². The van der Waals surface area contributed by atoms with Crippen LogP contribution in [0.1, 0.15) is 12.7 Å². The van der Waals surface area contributed by atoms with Crippen molar-refractivity contribution in [2.75, 3.05) is 38.1 Å². The third-order valence-electron chi connectivity index (χ3n) is 3.91. The maximum Gasteiger partial charge on any atom is 0.322 e. The van der Waals surface area contributed by atoms with Crippen LogP contribution in [0.15, 0.2) is 41.1 Å². The molecule has 0 spiro atoms. The average Bonchev–Trinajstić information content (AvgIpc) is 3.10. The Morgan fingerprint density at radius 2 is 2.12 bits per heavy atom. The molecule has 1 aliphatic rings. The second-order valence-corrected chi connectivity index (χ2v) is 5.56. The minimum absolute atomic E-state index is 0.124. The molecule has 0 atom stereocenters. The van der Waals surface area contributed by atoms with Crippen molar-refractivity contribution < 1.29 is 13.9 Å².